The molecule has 4 heteroatoms. The lowest BCUT2D eigenvalue weighted by Crippen LogP contribution is -2.17. The molecule has 2 aromatic rings. The van der Waals surface area contributed by atoms with Crippen LogP contribution in [0.15, 0.2) is 42.7 Å². The lowest BCUT2D eigenvalue weighted by atomic mass is 10.1. The molecule has 94 valence electrons. The smallest absolute Gasteiger partial charge is 0.145 e. The van der Waals surface area contributed by atoms with Crippen molar-refractivity contribution in [3.63, 3.8) is 0 Å². The minimum atomic E-state index is 0.125. The fraction of sp³-hybridized carbons (Fsp3) is 0.214. The van der Waals surface area contributed by atoms with Gasteiger partial charge in [0.2, 0.25) is 0 Å². The van der Waals surface area contributed by atoms with Crippen molar-refractivity contribution in [2.24, 2.45) is 5.73 Å². The van der Waals surface area contributed by atoms with Gasteiger partial charge in [-0.1, -0.05) is 0 Å². The summed E-state index contributed by atoms with van der Waals surface area (Å²) in [6.07, 6.45) is 4.34. The van der Waals surface area contributed by atoms with E-state index >= 15 is 0 Å². The Morgan fingerprint density at radius 2 is 1.94 bits per heavy atom. The highest BCUT2D eigenvalue weighted by Gasteiger charge is 2.02. The third-order valence-electron chi connectivity index (χ3n) is 2.38. The summed E-state index contributed by atoms with van der Waals surface area (Å²) in [6, 6.07) is 10.0. The maximum atomic E-state index is 5.77. The van der Waals surface area contributed by atoms with Crippen LogP contribution in [0.2, 0.25) is 0 Å². The topological polar surface area (TPSA) is 48.1 Å². The molecule has 0 saturated carbocycles. The zero-order chi connectivity index (χ0) is 13.0. The first-order chi connectivity index (χ1) is 8.63. The Balaban J connectivity index is 2.11. The Hall–Kier alpha value is -1.14. The van der Waals surface area contributed by atoms with Gasteiger partial charge >= 0.3 is 0 Å². The molecule has 0 amide bonds. The summed E-state index contributed by atoms with van der Waals surface area (Å²) >= 11 is 2.26. The van der Waals surface area contributed by atoms with Crippen LogP contribution in [0.4, 0.5) is 0 Å². The number of hydrogen-bond acceptors (Lipinski definition) is 3. The third-order valence-corrected chi connectivity index (χ3v) is 3.10. The molecule has 1 atom stereocenters. The molecule has 0 fully saturated rings. The van der Waals surface area contributed by atoms with E-state index in [0.717, 1.165) is 23.5 Å². The number of halogens is 1. The van der Waals surface area contributed by atoms with Crippen molar-refractivity contribution < 1.29 is 4.74 Å². The number of rotatable bonds is 4. The van der Waals surface area contributed by atoms with Crippen LogP contribution in [0.1, 0.15) is 12.5 Å². The van der Waals surface area contributed by atoms with Crippen LogP contribution in [0.25, 0.3) is 0 Å². The average Bonchev–Trinajstić information content (AvgIpc) is 2.32. The van der Waals surface area contributed by atoms with Gasteiger partial charge < -0.3 is 10.5 Å². The second kappa shape index (κ2) is 6.15. The molecule has 0 spiro atoms. The molecule has 0 aliphatic carbocycles. The van der Waals surface area contributed by atoms with E-state index in [1.54, 1.807) is 6.20 Å². The van der Waals surface area contributed by atoms with Crippen molar-refractivity contribution >= 4 is 22.6 Å². The van der Waals surface area contributed by atoms with Crippen LogP contribution >= 0.6 is 22.6 Å². The van der Waals surface area contributed by atoms with E-state index in [4.69, 9.17) is 10.5 Å². The molecule has 1 heterocycles. The van der Waals surface area contributed by atoms with Crippen LogP contribution in [0, 0.1) is 3.57 Å². The lowest BCUT2D eigenvalue weighted by molar-refractivity contribution is 0.479. The maximum Gasteiger partial charge on any atom is 0.145 e. The van der Waals surface area contributed by atoms with Gasteiger partial charge in [-0.05, 0) is 71.8 Å². The maximum absolute atomic E-state index is 5.77. The van der Waals surface area contributed by atoms with Crippen LogP contribution in [-0.2, 0) is 6.42 Å². The van der Waals surface area contributed by atoms with Crippen LogP contribution in [-0.4, -0.2) is 11.0 Å². The van der Waals surface area contributed by atoms with Crippen molar-refractivity contribution in [3.05, 3.63) is 51.9 Å². The lowest BCUT2D eigenvalue weighted by Gasteiger charge is -2.08. The molecular formula is C14H15IN2O. The Bertz CT molecular complexity index is 511. The molecule has 2 N–H and O–H groups in total. The molecule has 0 aliphatic rings. The molecule has 18 heavy (non-hydrogen) atoms. The summed E-state index contributed by atoms with van der Waals surface area (Å²) < 4.78 is 6.93. The average molecular weight is 354 g/mol. The largest absolute Gasteiger partial charge is 0.456 e. The number of nitrogens with zero attached hydrogens (tertiary/aromatic N) is 1. The second-order valence-corrected chi connectivity index (χ2v) is 5.51. The number of aromatic nitrogens is 1. The van der Waals surface area contributed by atoms with Crippen LogP contribution < -0.4 is 10.5 Å². The molecule has 0 bridgehead atoms. The van der Waals surface area contributed by atoms with Gasteiger partial charge in [0, 0.05) is 15.8 Å². The third kappa shape index (κ3) is 3.96. The number of hydrogen-bond donors (Lipinski definition) is 1. The Morgan fingerprint density at radius 3 is 2.61 bits per heavy atom. The molecule has 1 unspecified atom stereocenters. The first-order valence-corrected chi connectivity index (χ1v) is 6.84. The first kappa shape index (κ1) is 13.3. The summed E-state index contributed by atoms with van der Waals surface area (Å²) in [5, 5.41) is 0. The highest BCUT2D eigenvalue weighted by atomic mass is 127. The van der Waals surface area contributed by atoms with Crippen molar-refractivity contribution in [1.29, 1.82) is 0 Å². The highest BCUT2D eigenvalue weighted by Crippen LogP contribution is 2.22. The van der Waals surface area contributed by atoms with Gasteiger partial charge in [-0.25, -0.2) is 0 Å². The summed E-state index contributed by atoms with van der Waals surface area (Å²) in [5.74, 6) is 1.56. The van der Waals surface area contributed by atoms with Crippen molar-refractivity contribution in [3.8, 4) is 11.5 Å². The molecular weight excluding hydrogens is 339 g/mol. The Labute approximate surface area is 121 Å². The van der Waals surface area contributed by atoms with Crippen LogP contribution in [0.3, 0.4) is 0 Å². The van der Waals surface area contributed by atoms with Crippen LogP contribution in [0.5, 0.6) is 11.5 Å². The van der Waals surface area contributed by atoms with Gasteiger partial charge in [-0.15, -0.1) is 0 Å². The van der Waals surface area contributed by atoms with Crippen molar-refractivity contribution in [2.45, 2.75) is 19.4 Å². The van der Waals surface area contributed by atoms with E-state index in [1.807, 2.05) is 43.5 Å². The van der Waals surface area contributed by atoms with E-state index in [1.165, 1.54) is 3.57 Å². The minimum Gasteiger partial charge on any atom is -0.456 e. The summed E-state index contributed by atoms with van der Waals surface area (Å²) in [7, 11) is 0. The zero-order valence-electron chi connectivity index (χ0n) is 10.1. The number of benzene rings is 1. The second-order valence-electron chi connectivity index (χ2n) is 4.27. The van der Waals surface area contributed by atoms with Crippen molar-refractivity contribution in [2.75, 3.05) is 0 Å². The minimum absolute atomic E-state index is 0.125. The van der Waals surface area contributed by atoms with Gasteiger partial charge in [0.05, 0.1) is 6.20 Å². The molecule has 3 nitrogen and oxygen atoms in total. The van der Waals surface area contributed by atoms with Gasteiger partial charge in [-0.2, -0.15) is 0 Å². The number of ether oxygens (including phenoxy) is 1. The SMILES string of the molecule is CC(N)Cc1cncc(Oc2ccc(I)cc2)c1. The fourth-order valence-corrected chi connectivity index (χ4v) is 2.00. The molecule has 0 radical (unpaired) electrons. The van der Waals surface area contributed by atoms with Gasteiger partial charge in [0.15, 0.2) is 0 Å². The summed E-state index contributed by atoms with van der Waals surface area (Å²) in [6.45, 7) is 1.98. The standard InChI is InChI=1S/C14H15IN2O/c1-10(16)6-11-7-14(9-17-8-11)18-13-4-2-12(15)3-5-13/h2-5,7-10H,6,16H2,1H3. The first-order valence-electron chi connectivity index (χ1n) is 5.76. The highest BCUT2D eigenvalue weighted by molar-refractivity contribution is 14.1. The van der Waals surface area contributed by atoms with E-state index in [2.05, 4.69) is 27.6 Å². The number of nitrogens with two attached hydrogens (primary N) is 1. The molecule has 1 aromatic heterocycles. The Morgan fingerprint density at radius 1 is 1.22 bits per heavy atom. The molecule has 0 saturated heterocycles. The van der Waals surface area contributed by atoms with Gasteiger partial charge in [0.1, 0.15) is 11.5 Å². The molecule has 1 aromatic carbocycles. The Kier molecular flexibility index (Phi) is 4.54. The van der Waals surface area contributed by atoms with Gasteiger partial charge in [0.25, 0.3) is 0 Å². The predicted molar refractivity (Wildman–Crippen MR) is 80.8 cm³/mol. The number of pyridine rings is 1. The molecule has 2 rings (SSSR count). The molecule has 0 aliphatic heterocycles. The summed E-state index contributed by atoms with van der Waals surface area (Å²) in [4.78, 5) is 4.17. The summed E-state index contributed by atoms with van der Waals surface area (Å²) in [5.41, 5.74) is 6.87. The van der Waals surface area contributed by atoms with E-state index < -0.39 is 0 Å². The van der Waals surface area contributed by atoms with Gasteiger partial charge in [-0.3, -0.25) is 4.98 Å². The van der Waals surface area contributed by atoms with E-state index in [9.17, 15) is 0 Å². The monoisotopic (exact) mass is 354 g/mol. The normalized spacial score (nSPS) is 12.2. The predicted octanol–water partition coefficient (Wildman–Crippen LogP) is 3.37. The van der Waals surface area contributed by atoms with Crippen molar-refractivity contribution in [1.82, 2.24) is 4.98 Å². The van der Waals surface area contributed by atoms with E-state index in [0.29, 0.717) is 0 Å². The zero-order valence-corrected chi connectivity index (χ0v) is 12.3. The van der Waals surface area contributed by atoms with E-state index in [-0.39, 0.29) is 6.04 Å². The fourth-order valence-electron chi connectivity index (χ4n) is 1.64. The quantitative estimate of drug-likeness (QED) is 0.857.